The Hall–Kier alpha value is -3.74. The second kappa shape index (κ2) is 9.49. The Morgan fingerprint density at radius 1 is 1.23 bits per heavy atom. The lowest BCUT2D eigenvalue weighted by Gasteiger charge is -2.30. The summed E-state index contributed by atoms with van der Waals surface area (Å²) in [6.07, 6.45) is -3.47. The lowest BCUT2D eigenvalue weighted by atomic mass is 9.80. The molecule has 4 rings (SSSR count). The van der Waals surface area contributed by atoms with Crippen LogP contribution in [-0.2, 0) is 30.6 Å². The zero-order valence-corrected chi connectivity index (χ0v) is 18.6. The van der Waals surface area contributed by atoms with Gasteiger partial charge in [-0.15, -0.1) is 0 Å². The van der Waals surface area contributed by atoms with Crippen molar-refractivity contribution in [3.05, 3.63) is 62.8 Å². The fourth-order valence-electron chi connectivity index (χ4n) is 4.10. The van der Waals surface area contributed by atoms with Crippen molar-refractivity contribution in [2.45, 2.75) is 38.7 Å². The first-order valence-electron chi connectivity index (χ1n) is 10.8. The molecule has 2 heterocycles. The number of nitrogens with zero attached hydrogens (tertiary/aromatic N) is 4. The number of nitro benzene ring substituents is 1. The molecule has 2 aromatic rings. The summed E-state index contributed by atoms with van der Waals surface area (Å²) in [5.74, 6) is 0.323. The van der Waals surface area contributed by atoms with Crippen LogP contribution in [0.3, 0.4) is 0 Å². The maximum atomic E-state index is 13.2. The van der Waals surface area contributed by atoms with Crippen LogP contribution < -0.4 is 10.6 Å². The molecule has 13 heteroatoms. The number of halogens is 3. The quantitative estimate of drug-likeness (QED) is 0.291. The number of hydrogen-bond donors (Lipinski definition) is 3. The van der Waals surface area contributed by atoms with Crippen LogP contribution in [0.1, 0.15) is 35.2 Å². The van der Waals surface area contributed by atoms with Crippen LogP contribution in [0.5, 0.6) is 0 Å². The number of rotatable bonds is 8. The molecule has 1 amide bonds. The van der Waals surface area contributed by atoms with Crippen LogP contribution in [0.15, 0.2) is 30.4 Å². The number of aromatic nitrogens is 2. The second-order valence-corrected chi connectivity index (χ2v) is 8.52. The molecule has 3 N–H and O–H groups in total. The summed E-state index contributed by atoms with van der Waals surface area (Å²) in [7, 11) is 0. The molecule has 0 radical (unpaired) electrons. The highest BCUT2D eigenvalue weighted by atomic mass is 19.4. The Morgan fingerprint density at radius 2 is 1.97 bits per heavy atom. The number of benzene rings is 1. The van der Waals surface area contributed by atoms with Crippen molar-refractivity contribution >= 4 is 23.4 Å². The number of carbonyl (C=O) groups excluding carboxylic acids is 1. The molecule has 186 valence electrons. The average Bonchev–Trinajstić information content (AvgIpc) is 3.22. The fourth-order valence-corrected chi connectivity index (χ4v) is 4.10. The van der Waals surface area contributed by atoms with Gasteiger partial charge in [0.1, 0.15) is 5.82 Å². The summed E-state index contributed by atoms with van der Waals surface area (Å²) in [6.45, 7) is 4.15. The van der Waals surface area contributed by atoms with E-state index in [1.807, 2.05) is 0 Å². The fraction of sp³-hybridized carbons (Fsp3) is 0.409. The molecule has 10 nitrogen and oxygen atoms in total. The number of aliphatic hydroxyl groups is 1. The molecule has 2 aliphatic rings. The number of nitro groups is 1. The van der Waals surface area contributed by atoms with Crippen molar-refractivity contribution in [3.8, 4) is 0 Å². The first kappa shape index (κ1) is 24.4. The van der Waals surface area contributed by atoms with Gasteiger partial charge in [-0.2, -0.15) is 18.2 Å². The molecular formula is C22H23F3N6O4. The minimum atomic E-state index is -4.74. The van der Waals surface area contributed by atoms with Crippen LogP contribution in [-0.4, -0.2) is 44.0 Å². The van der Waals surface area contributed by atoms with Crippen LogP contribution in [0.25, 0.3) is 0 Å². The van der Waals surface area contributed by atoms with Crippen LogP contribution in [0, 0.1) is 16.0 Å². The van der Waals surface area contributed by atoms with Crippen molar-refractivity contribution in [3.63, 3.8) is 0 Å². The Kier molecular flexibility index (Phi) is 6.61. The molecule has 1 aliphatic carbocycles. The maximum Gasteiger partial charge on any atom is 0.416 e. The highest BCUT2D eigenvalue weighted by Crippen LogP contribution is 2.37. The molecule has 1 aromatic carbocycles. The lowest BCUT2D eigenvalue weighted by molar-refractivity contribution is -0.385. The summed E-state index contributed by atoms with van der Waals surface area (Å²) >= 11 is 0. The molecule has 1 fully saturated rings. The predicted molar refractivity (Wildman–Crippen MR) is 119 cm³/mol. The molecular weight excluding hydrogens is 469 g/mol. The number of nitrogens with one attached hydrogen (secondary N) is 2. The van der Waals surface area contributed by atoms with Crippen molar-refractivity contribution in [1.29, 1.82) is 0 Å². The number of allylic oxidation sites excluding steroid dienone is 1. The summed E-state index contributed by atoms with van der Waals surface area (Å²) in [6, 6.07) is 2.39. The minimum absolute atomic E-state index is 0.0280. The molecule has 0 unspecified atom stereocenters. The van der Waals surface area contributed by atoms with Gasteiger partial charge in [-0.1, -0.05) is 12.2 Å². The first-order chi connectivity index (χ1) is 16.5. The normalized spacial score (nSPS) is 15.5. The third kappa shape index (κ3) is 5.34. The number of carbonyl (C=O) groups is 1. The number of amides is 1. The largest absolute Gasteiger partial charge is 0.416 e. The van der Waals surface area contributed by atoms with Gasteiger partial charge in [0.2, 0.25) is 11.9 Å². The van der Waals surface area contributed by atoms with E-state index in [4.69, 9.17) is 5.11 Å². The van der Waals surface area contributed by atoms with E-state index in [0.717, 1.165) is 17.7 Å². The van der Waals surface area contributed by atoms with E-state index in [-0.39, 0.29) is 56.1 Å². The highest BCUT2D eigenvalue weighted by Gasteiger charge is 2.36. The standard InChI is InChI=1S/C22H23F3N6O4/c1-12-4-14(5-12)20(33)30-10-17-18(11-30)28-21(26-2-3-32)29-19(17)27-9-13-6-15(22(23,24)25)8-16(7-13)31(34)35/h6-8,14,32H,1-5,9-11H2,(H2,26,27,28,29). The van der Waals surface area contributed by atoms with E-state index in [0.29, 0.717) is 36.0 Å². The van der Waals surface area contributed by atoms with Crippen LogP contribution in [0.4, 0.5) is 30.6 Å². The number of aliphatic hydroxyl groups excluding tert-OH is 1. The molecule has 0 atom stereocenters. The zero-order valence-electron chi connectivity index (χ0n) is 18.6. The number of hydrogen-bond acceptors (Lipinski definition) is 8. The number of anilines is 2. The molecule has 0 spiro atoms. The Morgan fingerprint density at radius 3 is 2.60 bits per heavy atom. The molecule has 0 saturated heterocycles. The zero-order chi connectivity index (χ0) is 25.3. The number of fused-ring (bicyclic) bond motifs is 1. The van der Waals surface area contributed by atoms with E-state index in [1.165, 1.54) is 0 Å². The average molecular weight is 492 g/mol. The smallest absolute Gasteiger partial charge is 0.395 e. The number of non-ortho nitro benzene ring substituents is 1. The lowest BCUT2D eigenvalue weighted by Crippen LogP contribution is -2.36. The van der Waals surface area contributed by atoms with Crippen molar-refractivity contribution < 1.29 is 28.0 Å². The highest BCUT2D eigenvalue weighted by molar-refractivity contribution is 5.81. The summed E-state index contributed by atoms with van der Waals surface area (Å²) < 4.78 is 39.7. The third-order valence-corrected chi connectivity index (χ3v) is 5.88. The van der Waals surface area contributed by atoms with Crippen molar-refractivity contribution in [2.75, 3.05) is 23.8 Å². The van der Waals surface area contributed by atoms with E-state index < -0.39 is 22.4 Å². The molecule has 1 aromatic heterocycles. The van der Waals surface area contributed by atoms with Gasteiger partial charge in [-0.05, 0) is 24.5 Å². The number of alkyl halides is 3. The molecule has 1 aliphatic heterocycles. The van der Waals surface area contributed by atoms with Crippen LogP contribution >= 0.6 is 0 Å². The van der Waals surface area contributed by atoms with E-state index in [2.05, 4.69) is 27.2 Å². The Bertz CT molecular complexity index is 1180. The second-order valence-electron chi connectivity index (χ2n) is 8.52. The SMILES string of the molecule is C=C1CC(C(=O)N2Cc3nc(NCCO)nc(NCc4cc([N+](=O)[O-])cc(C(F)(F)F)c4)c3C2)C1. The monoisotopic (exact) mass is 492 g/mol. The van der Waals surface area contributed by atoms with E-state index in [1.54, 1.807) is 4.90 Å². The Labute approximate surface area is 198 Å². The van der Waals surface area contributed by atoms with Gasteiger partial charge in [0, 0.05) is 36.7 Å². The summed E-state index contributed by atoms with van der Waals surface area (Å²) in [4.78, 5) is 33.5. The predicted octanol–water partition coefficient (Wildman–Crippen LogP) is 3.23. The van der Waals surface area contributed by atoms with Crippen LogP contribution in [0.2, 0.25) is 0 Å². The van der Waals surface area contributed by atoms with Gasteiger partial charge in [-0.25, -0.2) is 4.98 Å². The summed E-state index contributed by atoms with van der Waals surface area (Å²) in [5, 5.41) is 26.0. The topological polar surface area (TPSA) is 134 Å². The molecule has 35 heavy (non-hydrogen) atoms. The van der Waals surface area contributed by atoms with Gasteiger partial charge in [0.05, 0.1) is 35.9 Å². The van der Waals surface area contributed by atoms with Crippen molar-refractivity contribution in [2.24, 2.45) is 5.92 Å². The minimum Gasteiger partial charge on any atom is -0.395 e. The van der Waals surface area contributed by atoms with Gasteiger partial charge < -0.3 is 20.6 Å². The van der Waals surface area contributed by atoms with Gasteiger partial charge in [-0.3, -0.25) is 14.9 Å². The third-order valence-electron chi connectivity index (χ3n) is 5.88. The summed E-state index contributed by atoms with van der Waals surface area (Å²) in [5.41, 5.74) is 0.460. The van der Waals surface area contributed by atoms with E-state index in [9.17, 15) is 28.1 Å². The molecule has 1 saturated carbocycles. The Balaban J connectivity index is 1.59. The molecule has 0 bridgehead atoms. The van der Waals surface area contributed by atoms with Gasteiger partial charge >= 0.3 is 6.18 Å². The van der Waals surface area contributed by atoms with E-state index >= 15 is 0 Å². The maximum absolute atomic E-state index is 13.2. The van der Waals surface area contributed by atoms with Gasteiger partial charge in [0.25, 0.3) is 5.69 Å². The first-order valence-corrected chi connectivity index (χ1v) is 10.8. The van der Waals surface area contributed by atoms with Gasteiger partial charge in [0.15, 0.2) is 0 Å². The van der Waals surface area contributed by atoms with Crippen molar-refractivity contribution in [1.82, 2.24) is 14.9 Å².